The zero-order valence-electron chi connectivity index (χ0n) is 14.7. The summed E-state index contributed by atoms with van der Waals surface area (Å²) in [6.45, 7) is 1.10. The van der Waals surface area contributed by atoms with E-state index in [4.69, 9.17) is 5.84 Å². The number of aromatic nitrogens is 2. The first-order valence-corrected chi connectivity index (χ1v) is 8.68. The van der Waals surface area contributed by atoms with Gasteiger partial charge in [0.1, 0.15) is 0 Å². The number of nitrogen functional groups attached to an aromatic ring is 1. The number of hydrogen-bond donors (Lipinski definition) is 2. The largest absolute Gasteiger partial charge is 0.397 e. The molecule has 1 heterocycles. The van der Waals surface area contributed by atoms with E-state index in [-0.39, 0.29) is 28.8 Å². The second kappa shape index (κ2) is 5.95. The van der Waals surface area contributed by atoms with Gasteiger partial charge in [0.25, 0.3) is 5.56 Å². The Labute approximate surface area is 153 Å². The molecule has 1 unspecified atom stereocenters. The molecule has 0 aliphatic heterocycles. The summed E-state index contributed by atoms with van der Waals surface area (Å²) >= 11 is 0. The van der Waals surface area contributed by atoms with Crippen molar-refractivity contribution in [2.24, 2.45) is 11.3 Å². The molecule has 1 aromatic carbocycles. The van der Waals surface area contributed by atoms with Gasteiger partial charge in [-0.25, -0.2) is 10.8 Å². The summed E-state index contributed by atoms with van der Waals surface area (Å²) in [5.41, 5.74) is 2.59. The number of hydrazine groups is 1. The molecule has 27 heavy (non-hydrogen) atoms. The van der Waals surface area contributed by atoms with Crippen molar-refractivity contribution in [3.8, 4) is 0 Å². The minimum absolute atomic E-state index is 0.0939. The summed E-state index contributed by atoms with van der Waals surface area (Å²) in [6.07, 6.45) is -1.22. The molecular formula is C19H19F3N4O. The number of rotatable bonds is 2. The number of halogens is 3. The predicted octanol–water partition coefficient (Wildman–Crippen LogP) is 3.01. The second-order valence-corrected chi connectivity index (χ2v) is 7.37. The SMILES string of the molecule is CC1(C(F)(F)F)C=Cc2c(nc(NN)n(C3Cc4ccccc4C3)c2=O)C1. The van der Waals surface area contributed by atoms with E-state index in [0.717, 1.165) is 24.1 Å². The summed E-state index contributed by atoms with van der Waals surface area (Å²) in [7, 11) is 0. The molecule has 0 radical (unpaired) electrons. The van der Waals surface area contributed by atoms with Crippen molar-refractivity contribution in [1.82, 2.24) is 9.55 Å². The Kier molecular flexibility index (Phi) is 3.92. The van der Waals surface area contributed by atoms with E-state index in [2.05, 4.69) is 10.4 Å². The van der Waals surface area contributed by atoms with Crippen LogP contribution in [-0.2, 0) is 19.3 Å². The highest BCUT2D eigenvalue weighted by Crippen LogP contribution is 2.44. The van der Waals surface area contributed by atoms with E-state index in [0.29, 0.717) is 12.8 Å². The van der Waals surface area contributed by atoms with Crippen molar-refractivity contribution in [3.05, 3.63) is 63.1 Å². The lowest BCUT2D eigenvalue weighted by atomic mass is 9.79. The highest BCUT2D eigenvalue weighted by atomic mass is 19.4. The van der Waals surface area contributed by atoms with Crippen LogP contribution in [-0.4, -0.2) is 15.7 Å². The maximum Gasteiger partial charge on any atom is 0.397 e. The molecule has 4 rings (SSSR count). The van der Waals surface area contributed by atoms with Crippen molar-refractivity contribution >= 4 is 12.0 Å². The van der Waals surface area contributed by atoms with E-state index < -0.39 is 18.0 Å². The van der Waals surface area contributed by atoms with Gasteiger partial charge in [-0.05, 0) is 30.9 Å². The molecule has 1 atom stereocenters. The molecule has 1 aromatic heterocycles. The fourth-order valence-electron chi connectivity index (χ4n) is 3.92. The van der Waals surface area contributed by atoms with Gasteiger partial charge in [-0.3, -0.25) is 14.8 Å². The molecule has 0 spiro atoms. The molecule has 3 N–H and O–H groups in total. The highest BCUT2D eigenvalue weighted by Gasteiger charge is 2.51. The predicted molar refractivity (Wildman–Crippen MR) is 96.1 cm³/mol. The number of alkyl halides is 3. The highest BCUT2D eigenvalue weighted by molar-refractivity contribution is 5.57. The molecule has 0 fully saturated rings. The van der Waals surface area contributed by atoms with Gasteiger partial charge in [0.05, 0.1) is 16.7 Å². The van der Waals surface area contributed by atoms with Gasteiger partial charge in [-0.2, -0.15) is 13.2 Å². The van der Waals surface area contributed by atoms with Crippen molar-refractivity contribution in [1.29, 1.82) is 0 Å². The molecule has 142 valence electrons. The van der Waals surface area contributed by atoms with Gasteiger partial charge in [-0.15, -0.1) is 0 Å². The standard InChI is InChI=1S/C19H19F3N4O/c1-18(19(20,21)22)7-6-14-15(10-18)24-17(25-23)26(16(14)27)13-8-11-4-2-3-5-12(11)9-13/h2-7,13H,8-10,23H2,1H3,(H,24,25). The van der Waals surface area contributed by atoms with Gasteiger partial charge < -0.3 is 0 Å². The maximum absolute atomic E-state index is 13.4. The van der Waals surface area contributed by atoms with Crippen LogP contribution in [0.5, 0.6) is 0 Å². The lowest BCUT2D eigenvalue weighted by molar-refractivity contribution is -0.199. The van der Waals surface area contributed by atoms with Crippen molar-refractivity contribution < 1.29 is 13.2 Å². The number of nitrogens with two attached hydrogens (primary N) is 1. The van der Waals surface area contributed by atoms with E-state index in [9.17, 15) is 18.0 Å². The summed E-state index contributed by atoms with van der Waals surface area (Å²) in [5, 5.41) is 0. The normalized spacial score (nSPS) is 21.8. The molecule has 0 bridgehead atoms. The van der Waals surface area contributed by atoms with Gasteiger partial charge in [0.2, 0.25) is 5.95 Å². The Balaban J connectivity index is 1.79. The van der Waals surface area contributed by atoms with E-state index >= 15 is 0 Å². The first-order valence-electron chi connectivity index (χ1n) is 8.68. The molecular weight excluding hydrogens is 357 g/mol. The summed E-state index contributed by atoms with van der Waals surface area (Å²) < 4.78 is 41.6. The van der Waals surface area contributed by atoms with Crippen molar-refractivity contribution in [3.63, 3.8) is 0 Å². The van der Waals surface area contributed by atoms with Crippen LogP contribution in [0.15, 0.2) is 35.1 Å². The number of hydrogen-bond acceptors (Lipinski definition) is 4. The third-order valence-electron chi connectivity index (χ3n) is 5.55. The monoisotopic (exact) mass is 376 g/mol. The summed E-state index contributed by atoms with van der Waals surface area (Å²) in [5.74, 6) is 5.66. The summed E-state index contributed by atoms with van der Waals surface area (Å²) in [6, 6.07) is 7.73. The summed E-state index contributed by atoms with van der Waals surface area (Å²) in [4.78, 5) is 17.4. The van der Waals surface area contributed by atoms with Crippen molar-refractivity contribution in [2.45, 2.75) is 38.4 Å². The van der Waals surface area contributed by atoms with Crippen LogP contribution in [0.4, 0.5) is 19.1 Å². The number of fused-ring (bicyclic) bond motifs is 2. The molecule has 5 nitrogen and oxygen atoms in total. The maximum atomic E-state index is 13.4. The Bertz CT molecular complexity index is 970. The molecule has 0 amide bonds. The molecule has 0 saturated carbocycles. The fraction of sp³-hybridized carbons (Fsp3) is 0.368. The lowest BCUT2D eigenvalue weighted by Crippen LogP contribution is -2.40. The number of allylic oxidation sites excluding steroid dienone is 1. The molecule has 0 saturated heterocycles. The van der Waals surface area contributed by atoms with Gasteiger partial charge >= 0.3 is 6.18 Å². The lowest BCUT2D eigenvalue weighted by Gasteiger charge is -2.32. The van der Waals surface area contributed by atoms with Crippen LogP contribution < -0.4 is 16.8 Å². The van der Waals surface area contributed by atoms with Crippen LogP contribution in [0.3, 0.4) is 0 Å². The quantitative estimate of drug-likeness (QED) is 0.624. The fourth-order valence-corrected chi connectivity index (χ4v) is 3.92. The first kappa shape index (κ1) is 17.8. The van der Waals surface area contributed by atoms with Crippen LogP contribution in [0.25, 0.3) is 6.08 Å². The Morgan fingerprint density at radius 3 is 2.44 bits per heavy atom. The van der Waals surface area contributed by atoms with Gasteiger partial charge in [-0.1, -0.05) is 36.4 Å². The van der Waals surface area contributed by atoms with E-state index in [1.54, 1.807) is 0 Å². The van der Waals surface area contributed by atoms with Gasteiger partial charge in [0.15, 0.2) is 0 Å². The molecule has 2 aliphatic carbocycles. The number of nitrogens with one attached hydrogen (secondary N) is 1. The molecule has 2 aromatic rings. The topological polar surface area (TPSA) is 72.9 Å². The third kappa shape index (κ3) is 2.75. The number of nitrogens with zero attached hydrogens (tertiary/aromatic N) is 2. The van der Waals surface area contributed by atoms with Crippen LogP contribution in [0.1, 0.15) is 35.3 Å². The third-order valence-corrected chi connectivity index (χ3v) is 5.55. The Morgan fingerprint density at radius 2 is 1.89 bits per heavy atom. The second-order valence-electron chi connectivity index (χ2n) is 7.37. The number of benzene rings is 1. The number of anilines is 1. The van der Waals surface area contributed by atoms with E-state index in [1.807, 2.05) is 24.3 Å². The minimum atomic E-state index is -4.43. The van der Waals surface area contributed by atoms with E-state index in [1.165, 1.54) is 10.6 Å². The smallest absolute Gasteiger partial charge is 0.294 e. The zero-order chi connectivity index (χ0) is 19.4. The van der Waals surface area contributed by atoms with Crippen LogP contribution in [0.2, 0.25) is 0 Å². The Hall–Kier alpha value is -2.61. The van der Waals surface area contributed by atoms with Crippen LogP contribution in [0, 0.1) is 5.41 Å². The van der Waals surface area contributed by atoms with Crippen molar-refractivity contribution in [2.75, 3.05) is 5.43 Å². The first-order chi connectivity index (χ1) is 12.7. The van der Waals surface area contributed by atoms with Gasteiger partial charge in [0, 0.05) is 12.5 Å². The average molecular weight is 376 g/mol. The molecule has 8 heteroatoms. The minimum Gasteiger partial charge on any atom is -0.294 e. The van der Waals surface area contributed by atoms with Crippen LogP contribution >= 0.6 is 0 Å². The average Bonchev–Trinajstić information content (AvgIpc) is 3.03. The Morgan fingerprint density at radius 1 is 1.26 bits per heavy atom. The molecule has 2 aliphatic rings. The zero-order valence-corrected chi connectivity index (χ0v) is 14.7.